The van der Waals surface area contributed by atoms with Gasteiger partial charge in [-0.2, -0.15) is 0 Å². The van der Waals surface area contributed by atoms with Crippen molar-refractivity contribution in [1.82, 2.24) is 0 Å². The molecule has 3 aliphatic carbocycles. The molecule has 3 unspecified atom stereocenters. The first-order chi connectivity index (χ1) is 4.98. The topological polar surface area (TPSA) is 0 Å². The molecule has 0 radical (unpaired) electrons. The summed E-state index contributed by atoms with van der Waals surface area (Å²) in [6.45, 7) is 7.07. The molecular formula is C10H17AuS. The van der Waals surface area contributed by atoms with E-state index in [4.69, 9.17) is 12.6 Å². The molecule has 0 N–H and O–H groups in total. The van der Waals surface area contributed by atoms with Gasteiger partial charge in [-0.1, -0.05) is 39.5 Å². The molecule has 3 fully saturated rings. The van der Waals surface area contributed by atoms with Gasteiger partial charge < -0.3 is 12.6 Å². The average molecular weight is 366 g/mol. The molecule has 0 aromatic heterocycles. The van der Waals surface area contributed by atoms with Crippen LogP contribution in [0.2, 0.25) is 0 Å². The molecule has 3 aliphatic rings. The first kappa shape index (κ1) is 11.2. The second kappa shape index (κ2) is 3.05. The molecule has 0 amide bonds. The summed E-state index contributed by atoms with van der Waals surface area (Å²) >= 11 is 5.72. The van der Waals surface area contributed by atoms with Crippen molar-refractivity contribution in [2.24, 2.45) is 17.3 Å². The third-order valence-electron chi connectivity index (χ3n) is 4.41. The summed E-state index contributed by atoms with van der Waals surface area (Å²) < 4.78 is 0.260. The number of fused-ring (bicyclic) bond motifs is 2. The van der Waals surface area contributed by atoms with Crippen molar-refractivity contribution in [3.8, 4) is 0 Å². The van der Waals surface area contributed by atoms with Crippen LogP contribution in [0.4, 0.5) is 0 Å². The molecule has 12 heavy (non-hydrogen) atoms. The molecule has 0 spiro atoms. The van der Waals surface area contributed by atoms with Crippen LogP contribution in [0.1, 0.15) is 40.0 Å². The van der Waals surface area contributed by atoms with E-state index in [1.165, 1.54) is 19.3 Å². The monoisotopic (exact) mass is 366 g/mol. The van der Waals surface area contributed by atoms with Gasteiger partial charge in [-0.15, -0.1) is 4.75 Å². The van der Waals surface area contributed by atoms with Gasteiger partial charge in [-0.25, -0.2) is 0 Å². The van der Waals surface area contributed by atoms with Gasteiger partial charge in [-0.3, -0.25) is 0 Å². The van der Waals surface area contributed by atoms with Crippen LogP contribution in [0.15, 0.2) is 0 Å². The zero-order valence-electron chi connectivity index (χ0n) is 7.99. The molecule has 0 saturated heterocycles. The first-order valence-corrected chi connectivity index (χ1v) is 5.10. The SMILES string of the molecule is CC1CCC2CC1([S-])C2(C)C.[Au+]. The van der Waals surface area contributed by atoms with Gasteiger partial charge in [0.2, 0.25) is 0 Å². The van der Waals surface area contributed by atoms with E-state index < -0.39 is 0 Å². The van der Waals surface area contributed by atoms with Crippen molar-refractivity contribution >= 4 is 12.6 Å². The zero-order valence-corrected chi connectivity index (χ0v) is 11.0. The molecule has 0 heterocycles. The van der Waals surface area contributed by atoms with Crippen molar-refractivity contribution in [2.75, 3.05) is 0 Å². The summed E-state index contributed by atoms with van der Waals surface area (Å²) in [6.07, 6.45) is 4.11. The van der Waals surface area contributed by atoms with Gasteiger partial charge in [0.1, 0.15) is 0 Å². The standard InChI is InChI=1S/C10H18S.Au/c1-7-4-5-8-6-10(7,11)9(8,2)3;/h7-8,11H,4-6H2,1-3H3;/q;+1/p-1. The van der Waals surface area contributed by atoms with Crippen LogP contribution in [0.3, 0.4) is 0 Å². The normalized spacial score (nSPS) is 49.0. The van der Waals surface area contributed by atoms with E-state index in [9.17, 15) is 0 Å². The molecule has 2 heteroatoms. The number of hydrogen-bond acceptors (Lipinski definition) is 1. The Bertz CT molecular complexity index is 190. The van der Waals surface area contributed by atoms with Crippen LogP contribution in [0, 0.1) is 17.3 Å². The van der Waals surface area contributed by atoms with E-state index in [2.05, 4.69) is 20.8 Å². The molecule has 0 aliphatic heterocycles. The summed E-state index contributed by atoms with van der Waals surface area (Å²) in [5.41, 5.74) is 0.458. The molecule has 0 aromatic carbocycles. The Morgan fingerprint density at radius 1 is 1.25 bits per heavy atom. The minimum atomic E-state index is 0. The van der Waals surface area contributed by atoms with Gasteiger partial charge in [0.05, 0.1) is 0 Å². The maximum absolute atomic E-state index is 5.72. The van der Waals surface area contributed by atoms with E-state index >= 15 is 0 Å². The molecule has 0 nitrogen and oxygen atoms in total. The Labute approximate surface area is 96.8 Å². The second-order valence-corrected chi connectivity index (χ2v) is 5.72. The van der Waals surface area contributed by atoms with Crippen molar-refractivity contribution in [2.45, 2.75) is 44.8 Å². The van der Waals surface area contributed by atoms with Crippen LogP contribution >= 0.6 is 0 Å². The van der Waals surface area contributed by atoms with Gasteiger partial charge in [0, 0.05) is 0 Å². The smallest absolute Gasteiger partial charge is 0.785 e. The third-order valence-corrected chi connectivity index (χ3v) is 5.50. The Hall–Kier alpha value is 1.09. The van der Waals surface area contributed by atoms with E-state index in [1.807, 2.05) is 0 Å². The zero-order chi connectivity index (χ0) is 8.28. The fourth-order valence-electron chi connectivity index (χ4n) is 3.08. The Balaban J connectivity index is 0.000000720. The molecule has 3 saturated carbocycles. The van der Waals surface area contributed by atoms with Gasteiger partial charge in [0.15, 0.2) is 0 Å². The predicted octanol–water partition coefficient (Wildman–Crippen LogP) is 2.75. The van der Waals surface area contributed by atoms with E-state index in [1.54, 1.807) is 0 Å². The van der Waals surface area contributed by atoms with E-state index in [-0.39, 0.29) is 27.1 Å². The average Bonchev–Trinajstić information content (AvgIpc) is 1.94. The Kier molecular flexibility index (Phi) is 2.84. The second-order valence-electron chi connectivity index (χ2n) is 4.99. The first-order valence-electron chi connectivity index (χ1n) is 4.69. The van der Waals surface area contributed by atoms with Crippen molar-refractivity contribution < 1.29 is 22.4 Å². The molecular weight excluding hydrogens is 349 g/mol. The van der Waals surface area contributed by atoms with Crippen LogP contribution in [0.5, 0.6) is 0 Å². The van der Waals surface area contributed by atoms with Crippen molar-refractivity contribution in [3.05, 3.63) is 0 Å². The van der Waals surface area contributed by atoms with E-state index in [0.29, 0.717) is 5.41 Å². The molecule has 2 bridgehead atoms. The van der Waals surface area contributed by atoms with Gasteiger partial charge >= 0.3 is 22.4 Å². The largest absolute Gasteiger partial charge is 1.00 e. The fraction of sp³-hybridized carbons (Fsp3) is 1.00. The minimum Gasteiger partial charge on any atom is -0.785 e. The fourth-order valence-corrected chi connectivity index (χ4v) is 3.57. The van der Waals surface area contributed by atoms with Crippen molar-refractivity contribution in [1.29, 1.82) is 0 Å². The summed E-state index contributed by atoms with van der Waals surface area (Å²) in [5, 5.41) is 0. The minimum absolute atomic E-state index is 0. The van der Waals surface area contributed by atoms with Crippen molar-refractivity contribution in [3.63, 3.8) is 0 Å². The number of hydrogen-bond donors (Lipinski definition) is 0. The van der Waals surface area contributed by atoms with Gasteiger partial charge in [0.25, 0.3) is 0 Å². The van der Waals surface area contributed by atoms with E-state index in [0.717, 1.165) is 11.8 Å². The quantitative estimate of drug-likeness (QED) is 0.469. The number of rotatable bonds is 0. The van der Waals surface area contributed by atoms with Crippen LogP contribution in [-0.2, 0) is 35.0 Å². The maximum atomic E-state index is 5.72. The summed E-state index contributed by atoms with van der Waals surface area (Å²) in [4.78, 5) is 0. The predicted molar refractivity (Wildman–Crippen MR) is 50.4 cm³/mol. The summed E-state index contributed by atoms with van der Waals surface area (Å²) in [6, 6.07) is 0. The summed E-state index contributed by atoms with van der Waals surface area (Å²) in [5.74, 6) is 1.72. The molecule has 0 aromatic rings. The molecule has 74 valence electrons. The molecule has 3 atom stereocenters. The van der Waals surface area contributed by atoms with Crippen LogP contribution in [0.25, 0.3) is 0 Å². The Morgan fingerprint density at radius 2 is 1.83 bits per heavy atom. The Morgan fingerprint density at radius 3 is 2.17 bits per heavy atom. The molecule has 3 rings (SSSR count). The van der Waals surface area contributed by atoms with Crippen LogP contribution in [-0.4, -0.2) is 4.75 Å². The summed E-state index contributed by atoms with van der Waals surface area (Å²) in [7, 11) is 0. The third kappa shape index (κ3) is 1.10. The maximum Gasteiger partial charge on any atom is 1.00 e. The van der Waals surface area contributed by atoms with Gasteiger partial charge in [-0.05, 0) is 17.8 Å². The van der Waals surface area contributed by atoms with Crippen LogP contribution < -0.4 is 0 Å².